The summed E-state index contributed by atoms with van der Waals surface area (Å²) in [5.74, 6) is -0.631. The summed E-state index contributed by atoms with van der Waals surface area (Å²) in [6.45, 7) is 0.422. The van der Waals surface area contributed by atoms with Crippen LogP contribution in [0, 0.1) is 0 Å². The lowest BCUT2D eigenvalue weighted by Crippen LogP contribution is -2.47. The number of carbonyl (C=O) groups is 2. The number of methoxy groups -OCH3 is 1. The van der Waals surface area contributed by atoms with Crippen LogP contribution in [0.5, 0.6) is 0 Å². The molecule has 1 aliphatic heterocycles. The van der Waals surface area contributed by atoms with Gasteiger partial charge in [-0.1, -0.05) is 0 Å². The first-order valence-corrected chi connectivity index (χ1v) is 7.02. The Kier molecular flexibility index (Phi) is 4.88. The molecule has 0 bridgehead atoms. The first kappa shape index (κ1) is 13.9. The fourth-order valence-electron chi connectivity index (χ4n) is 1.42. The van der Waals surface area contributed by atoms with Crippen molar-refractivity contribution in [2.75, 3.05) is 44.8 Å². The van der Waals surface area contributed by atoms with E-state index in [1.807, 2.05) is 0 Å². The zero-order chi connectivity index (χ0) is 12.9. The number of nitrogens with one attached hydrogen (secondary N) is 1. The summed E-state index contributed by atoms with van der Waals surface area (Å²) in [4.78, 5) is 23.8. The molecule has 17 heavy (non-hydrogen) atoms. The highest BCUT2D eigenvalue weighted by Gasteiger charge is 2.24. The van der Waals surface area contributed by atoms with Crippen LogP contribution >= 0.6 is 0 Å². The van der Waals surface area contributed by atoms with Gasteiger partial charge in [0.1, 0.15) is 0 Å². The van der Waals surface area contributed by atoms with Crippen LogP contribution in [0.15, 0.2) is 0 Å². The second-order valence-corrected chi connectivity index (χ2v) is 6.02. The number of nitrogens with zero attached hydrogens (tertiary/aromatic N) is 1. The Balaban J connectivity index is 2.27. The van der Waals surface area contributed by atoms with Gasteiger partial charge in [0.25, 0.3) is 0 Å². The Bertz CT molecular complexity index is 378. The number of esters is 1. The van der Waals surface area contributed by atoms with Crippen LogP contribution in [0.25, 0.3) is 0 Å². The van der Waals surface area contributed by atoms with Crippen LogP contribution in [0.2, 0.25) is 0 Å². The summed E-state index contributed by atoms with van der Waals surface area (Å²) in [6, 6.07) is 0. The lowest BCUT2D eigenvalue weighted by atomic mass is 10.4. The van der Waals surface area contributed by atoms with Gasteiger partial charge in [-0.25, -0.2) is 8.42 Å². The van der Waals surface area contributed by atoms with Crippen molar-refractivity contribution < 1.29 is 22.7 Å². The van der Waals surface area contributed by atoms with Gasteiger partial charge in [0.15, 0.2) is 9.84 Å². The molecule has 1 rings (SSSR count). The van der Waals surface area contributed by atoms with Crippen molar-refractivity contribution in [3.05, 3.63) is 0 Å². The number of hydrogen-bond acceptors (Lipinski definition) is 6. The fraction of sp³-hybridized carbons (Fsp3) is 0.778. The predicted octanol–water partition coefficient (Wildman–Crippen LogP) is -1.99. The molecule has 0 radical (unpaired) electrons. The number of ether oxygens (including phenoxy) is 1. The number of hydrogen-bond donors (Lipinski definition) is 1. The summed E-state index contributed by atoms with van der Waals surface area (Å²) < 4.78 is 26.7. The third kappa shape index (κ3) is 4.70. The van der Waals surface area contributed by atoms with E-state index in [9.17, 15) is 18.0 Å². The van der Waals surface area contributed by atoms with E-state index < -0.39 is 15.8 Å². The van der Waals surface area contributed by atoms with Crippen LogP contribution in [0.3, 0.4) is 0 Å². The summed E-state index contributed by atoms with van der Waals surface area (Å²) in [5.41, 5.74) is 0. The maximum absolute atomic E-state index is 11.6. The zero-order valence-corrected chi connectivity index (χ0v) is 10.5. The van der Waals surface area contributed by atoms with Crippen molar-refractivity contribution in [1.82, 2.24) is 10.2 Å². The molecule has 0 aromatic carbocycles. The molecular formula is C9H16N2O5S. The number of rotatable bonds is 4. The van der Waals surface area contributed by atoms with Crippen LogP contribution in [0.4, 0.5) is 0 Å². The minimum absolute atomic E-state index is 0.00908. The predicted molar refractivity (Wildman–Crippen MR) is 60.1 cm³/mol. The molecular weight excluding hydrogens is 248 g/mol. The highest BCUT2D eigenvalue weighted by molar-refractivity contribution is 7.91. The third-order valence-corrected chi connectivity index (χ3v) is 4.08. The second kappa shape index (κ2) is 5.97. The average molecular weight is 264 g/mol. The van der Waals surface area contributed by atoms with Crippen LogP contribution in [-0.2, 0) is 24.2 Å². The molecule has 1 heterocycles. The molecule has 0 spiro atoms. The first-order chi connectivity index (χ1) is 7.94. The van der Waals surface area contributed by atoms with E-state index in [0.29, 0.717) is 0 Å². The molecule has 98 valence electrons. The second-order valence-electron chi connectivity index (χ2n) is 3.71. The maximum Gasteiger partial charge on any atom is 0.319 e. The van der Waals surface area contributed by atoms with Crippen molar-refractivity contribution in [3.63, 3.8) is 0 Å². The molecule has 0 saturated carbocycles. The minimum atomic E-state index is -2.98. The lowest BCUT2D eigenvalue weighted by molar-refractivity contribution is -0.139. The average Bonchev–Trinajstić information content (AvgIpc) is 2.28. The largest absolute Gasteiger partial charge is 0.468 e. The van der Waals surface area contributed by atoms with Gasteiger partial charge in [0.05, 0.1) is 31.7 Å². The molecule has 0 aromatic rings. The Morgan fingerprint density at radius 1 is 1.24 bits per heavy atom. The van der Waals surface area contributed by atoms with E-state index in [2.05, 4.69) is 10.1 Å². The molecule has 0 unspecified atom stereocenters. The Hall–Kier alpha value is -1.15. The molecule has 8 heteroatoms. The number of carbonyl (C=O) groups excluding carboxylic acids is 2. The number of amides is 1. The van der Waals surface area contributed by atoms with Gasteiger partial charge < -0.3 is 9.64 Å². The quantitative estimate of drug-likeness (QED) is 0.591. The summed E-state index contributed by atoms with van der Waals surface area (Å²) >= 11 is 0. The maximum atomic E-state index is 11.6. The lowest BCUT2D eigenvalue weighted by Gasteiger charge is -2.26. The molecule has 1 fully saturated rings. The van der Waals surface area contributed by atoms with Crippen molar-refractivity contribution in [1.29, 1.82) is 0 Å². The molecule has 1 N–H and O–H groups in total. The van der Waals surface area contributed by atoms with E-state index >= 15 is 0 Å². The smallest absolute Gasteiger partial charge is 0.319 e. The van der Waals surface area contributed by atoms with Gasteiger partial charge in [-0.15, -0.1) is 0 Å². The van der Waals surface area contributed by atoms with E-state index in [0.717, 1.165) is 0 Å². The van der Waals surface area contributed by atoms with E-state index in [1.165, 1.54) is 12.0 Å². The Morgan fingerprint density at radius 2 is 1.82 bits per heavy atom. The standard InChI is InChI=1S/C9H16N2O5S/c1-16-9(13)7-10-6-8(12)11-2-4-17(14,15)5-3-11/h10H,2-7H2,1H3. The van der Waals surface area contributed by atoms with Gasteiger partial charge in [0.2, 0.25) is 5.91 Å². The Labute approximate surface area is 100 Å². The molecule has 0 aromatic heterocycles. The molecule has 1 saturated heterocycles. The zero-order valence-electron chi connectivity index (χ0n) is 9.64. The molecule has 1 amide bonds. The highest BCUT2D eigenvalue weighted by Crippen LogP contribution is 2.03. The Morgan fingerprint density at radius 3 is 2.35 bits per heavy atom. The third-order valence-electron chi connectivity index (χ3n) is 2.47. The molecule has 0 atom stereocenters. The summed E-state index contributed by atoms with van der Waals surface area (Å²) in [7, 11) is -1.71. The highest BCUT2D eigenvalue weighted by atomic mass is 32.2. The fourth-order valence-corrected chi connectivity index (χ4v) is 2.62. The van der Waals surface area contributed by atoms with Crippen LogP contribution in [-0.4, -0.2) is 70.0 Å². The van der Waals surface area contributed by atoms with Gasteiger partial charge in [-0.05, 0) is 0 Å². The van der Waals surface area contributed by atoms with E-state index in [-0.39, 0.29) is 43.6 Å². The summed E-state index contributed by atoms with van der Waals surface area (Å²) in [5, 5.41) is 2.64. The summed E-state index contributed by atoms with van der Waals surface area (Å²) in [6.07, 6.45) is 0. The van der Waals surface area contributed by atoms with Crippen molar-refractivity contribution in [3.8, 4) is 0 Å². The van der Waals surface area contributed by atoms with Crippen molar-refractivity contribution in [2.45, 2.75) is 0 Å². The minimum Gasteiger partial charge on any atom is -0.468 e. The van der Waals surface area contributed by atoms with Crippen molar-refractivity contribution in [2.24, 2.45) is 0 Å². The monoisotopic (exact) mass is 264 g/mol. The van der Waals surface area contributed by atoms with Gasteiger partial charge >= 0.3 is 5.97 Å². The van der Waals surface area contributed by atoms with Gasteiger partial charge in [-0.2, -0.15) is 0 Å². The first-order valence-electron chi connectivity index (χ1n) is 5.20. The normalized spacial score (nSPS) is 18.8. The number of sulfone groups is 1. The van der Waals surface area contributed by atoms with Gasteiger partial charge in [0, 0.05) is 13.1 Å². The van der Waals surface area contributed by atoms with E-state index in [1.54, 1.807) is 0 Å². The van der Waals surface area contributed by atoms with Gasteiger partial charge in [-0.3, -0.25) is 14.9 Å². The molecule has 1 aliphatic rings. The topological polar surface area (TPSA) is 92.8 Å². The van der Waals surface area contributed by atoms with E-state index in [4.69, 9.17) is 0 Å². The molecule has 7 nitrogen and oxygen atoms in total. The van der Waals surface area contributed by atoms with Crippen LogP contribution < -0.4 is 5.32 Å². The van der Waals surface area contributed by atoms with Crippen molar-refractivity contribution >= 4 is 21.7 Å². The SMILES string of the molecule is COC(=O)CNCC(=O)N1CCS(=O)(=O)CC1. The van der Waals surface area contributed by atoms with Crippen LogP contribution in [0.1, 0.15) is 0 Å². The molecule has 0 aliphatic carbocycles.